The van der Waals surface area contributed by atoms with E-state index in [0.29, 0.717) is 36.6 Å². The predicted octanol–water partition coefficient (Wildman–Crippen LogP) is 3.43. The Hall–Kier alpha value is -1.59. The van der Waals surface area contributed by atoms with Crippen LogP contribution in [0.2, 0.25) is 0 Å². The molecule has 6 heteroatoms. The van der Waals surface area contributed by atoms with Crippen LogP contribution in [0, 0.1) is 29.1 Å². The maximum atomic E-state index is 13.7. The Morgan fingerprint density at radius 1 is 0.935 bits per heavy atom. The average Bonchev–Trinajstić information content (AvgIpc) is 3.22. The summed E-state index contributed by atoms with van der Waals surface area (Å²) >= 11 is 0. The lowest BCUT2D eigenvalue weighted by Crippen LogP contribution is -2.56. The van der Waals surface area contributed by atoms with Crippen LogP contribution in [0.1, 0.15) is 84.0 Å². The van der Waals surface area contributed by atoms with E-state index < -0.39 is 12.0 Å². The van der Waals surface area contributed by atoms with Gasteiger partial charge < -0.3 is 15.0 Å². The molecule has 6 rings (SSSR count). The quantitative estimate of drug-likeness (QED) is 0.678. The van der Waals surface area contributed by atoms with Gasteiger partial charge in [-0.2, -0.15) is 0 Å². The lowest BCUT2D eigenvalue weighted by atomic mass is 9.49. The molecule has 5 aliphatic carbocycles. The number of carbonyl (C=O) groups excluding carboxylic acids is 3. The monoisotopic (exact) mass is 430 g/mol. The second-order valence-corrected chi connectivity index (χ2v) is 11.4. The third-order valence-electron chi connectivity index (χ3n) is 9.08. The molecule has 0 spiro atoms. The van der Waals surface area contributed by atoms with Crippen LogP contribution < -0.4 is 5.32 Å². The molecule has 0 aromatic rings. The van der Waals surface area contributed by atoms with Gasteiger partial charge in [0.25, 0.3) is 5.91 Å². The van der Waals surface area contributed by atoms with E-state index in [2.05, 4.69) is 12.2 Å². The summed E-state index contributed by atoms with van der Waals surface area (Å²) in [4.78, 5) is 40.7. The minimum atomic E-state index is -0.512. The number of hydrogen-bond donors (Lipinski definition) is 1. The molecule has 6 nitrogen and oxygen atoms in total. The number of likely N-dealkylation sites (tertiary alicyclic amines) is 1. The van der Waals surface area contributed by atoms with Crippen molar-refractivity contribution in [3.63, 3.8) is 0 Å². The van der Waals surface area contributed by atoms with Gasteiger partial charge in [-0.15, -0.1) is 0 Å². The zero-order chi connectivity index (χ0) is 21.6. The number of ether oxygens (including phenoxy) is 1. The van der Waals surface area contributed by atoms with Gasteiger partial charge in [-0.05, 0) is 87.9 Å². The fourth-order valence-corrected chi connectivity index (χ4v) is 7.94. The van der Waals surface area contributed by atoms with Crippen molar-refractivity contribution in [1.82, 2.24) is 10.2 Å². The highest BCUT2D eigenvalue weighted by molar-refractivity contribution is 5.90. The molecule has 3 atom stereocenters. The van der Waals surface area contributed by atoms with E-state index in [1.165, 1.54) is 25.7 Å². The van der Waals surface area contributed by atoms with Crippen molar-refractivity contribution < 1.29 is 19.1 Å². The molecule has 2 amide bonds. The molecule has 0 aromatic heterocycles. The van der Waals surface area contributed by atoms with Crippen molar-refractivity contribution in [1.29, 1.82) is 0 Å². The molecule has 4 bridgehead atoms. The molecule has 6 aliphatic rings. The first-order valence-electron chi connectivity index (χ1n) is 12.7. The smallest absolute Gasteiger partial charge is 0.329 e. The van der Waals surface area contributed by atoms with Crippen LogP contribution in [0.3, 0.4) is 0 Å². The second-order valence-electron chi connectivity index (χ2n) is 11.4. The number of carbonyl (C=O) groups is 3. The molecule has 1 aliphatic heterocycles. The summed E-state index contributed by atoms with van der Waals surface area (Å²) in [5.41, 5.74) is -0.230. The van der Waals surface area contributed by atoms with Crippen molar-refractivity contribution in [2.24, 2.45) is 29.1 Å². The Morgan fingerprint density at radius 3 is 2.23 bits per heavy atom. The maximum absolute atomic E-state index is 13.7. The molecule has 31 heavy (non-hydrogen) atoms. The minimum absolute atomic E-state index is 0.181. The molecule has 5 saturated carbocycles. The van der Waals surface area contributed by atoms with Crippen LogP contribution in [0.25, 0.3) is 0 Å². The van der Waals surface area contributed by atoms with Crippen LogP contribution in [0.15, 0.2) is 0 Å². The van der Waals surface area contributed by atoms with Gasteiger partial charge in [0, 0.05) is 12.6 Å². The van der Waals surface area contributed by atoms with Crippen molar-refractivity contribution in [3.8, 4) is 0 Å². The number of amides is 2. The third kappa shape index (κ3) is 4.11. The van der Waals surface area contributed by atoms with E-state index in [0.717, 1.165) is 44.9 Å². The van der Waals surface area contributed by atoms with Crippen LogP contribution >= 0.6 is 0 Å². The van der Waals surface area contributed by atoms with Gasteiger partial charge in [0.2, 0.25) is 5.91 Å². The summed E-state index contributed by atoms with van der Waals surface area (Å²) in [6.45, 7) is 2.58. The molecule has 172 valence electrons. The summed E-state index contributed by atoms with van der Waals surface area (Å²) in [6, 6.07) is -0.331. The van der Waals surface area contributed by atoms with E-state index in [1.807, 2.05) is 4.90 Å². The Bertz CT molecular complexity index is 700. The average molecular weight is 431 g/mol. The van der Waals surface area contributed by atoms with E-state index >= 15 is 0 Å². The van der Waals surface area contributed by atoms with Crippen LogP contribution in [-0.4, -0.2) is 47.9 Å². The van der Waals surface area contributed by atoms with Crippen LogP contribution in [-0.2, 0) is 19.1 Å². The summed E-state index contributed by atoms with van der Waals surface area (Å²) in [5.74, 6) is 2.16. The fraction of sp³-hybridized carbons (Fsp3) is 0.880. The van der Waals surface area contributed by atoms with Crippen LogP contribution in [0.5, 0.6) is 0 Å². The van der Waals surface area contributed by atoms with Gasteiger partial charge >= 0.3 is 5.97 Å². The lowest BCUT2D eigenvalue weighted by molar-refractivity contribution is -0.166. The highest BCUT2D eigenvalue weighted by Crippen LogP contribution is 2.60. The van der Waals surface area contributed by atoms with Crippen LogP contribution in [0.4, 0.5) is 0 Å². The van der Waals surface area contributed by atoms with E-state index in [1.54, 1.807) is 0 Å². The van der Waals surface area contributed by atoms with Gasteiger partial charge in [0.15, 0.2) is 6.61 Å². The molecule has 6 fully saturated rings. The number of esters is 1. The summed E-state index contributed by atoms with van der Waals surface area (Å²) < 4.78 is 5.42. The molecule has 0 radical (unpaired) electrons. The molecule has 1 N–H and O–H groups in total. The first-order valence-corrected chi connectivity index (χ1v) is 12.7. The van der Waals surface area contributed by atoms with Gasteiger partial charge in [-0.3, -0.25) is 9.59 Å². The minimum Gasteiger partial charge on any atom is -0.454 e. The van der Waals surface area contributed by atoms with Crippen molar-refractivity contribution >= 4 is 17.8 Å². The molecule has 1 heterocycles. The number of rotatable bonds is 5. The SMILES string of the molecule is C[C@H]1CCCC[C@@H]1NC(=O)COC(=O)[C@@H]1CCCN1C(=O)C12CC3CC(CC(C3)C1)C2. The first-order chi connectivity index (χ1) is 14.9. The van der Waals surface area contributed by atoms with Gasteiger partial charge in [-0.1, -0.05) is 19.8 Å². The number of nitrogens with zero attached hydrogens (tertiary/aromatic N) is 1. The summed E-state index contributed by atoms with van der Waals surface area (Å²) in [7, 11) is 0. The van der Waals surface area contributed by atoms with Crippen molar-refractivity contribution in [3.05, 3.63) is 0 Å². The molecule has 1 saturated heterocycles. The van der Waals surface area contributed by atoms with Gasteiger partial charge in [0.1, 0.15) is 6.04 Å². The van der Waals surface area contributed by atoms with E-state index in [4.69, 9.17) is 4.74 Å². The zero-order valence-corrected chi connectivity index (χ0v) is 18.9. The number of nitrogens with one attached hydrogen (secondary N) is 1. The van der Waals surface area contributed by atoms with E-state index in [-0.39, 0.29) is 29.9 Å². The largest absolute Gasteiger partial charge is 0.454 e. The summed E-state index contributed by atoms with van der Waals surface area (Å²) in [5, 5.41) is 3.04. The maximum Gasteiger partial charge on any atom is 0.329 e. The molecular weight excluding hydrogens is 392 g/mol. The van der Waals surface area contributed by atoms with Gasteiger partial charge in [0.05, 0.1) is 5.41 Å². The van der Waals surface area contributed by atoms with E-state index in [9.17, 15) is 14.4 Å². The highest BCUT2D eigenvalue weighted by atomic mass is 16.5. The zero-order valence-electron chi connectivity index (χ0n) is 18.9. The van der Waals surface area contributed by atoms with Crippen molar-refractivity contribution in [2.45, 2.75) is 96.1 Å². The first kappa shape index (κ1) is 21.3. The van der Waals surface area contributed by atoms with Crippen molar-refractivity contribution in [2.75, 3.05) is 13.2 Å². The Morgan fingerprint density at radius 2 is 1.58 bits per heavy atom. The third-order valence-corrected chi connectivity index (χ3v) is 9.08. The Balaban J connectivity index is 1.17. The topological polar surface area (TPSA) is 75.7 Å². The molecule has 0 aromatic carbocycles. The summed E-state index contributed by atoms with van der Waals surface area (Å²) in [6.07, 6.45) is 12.9. The lowest BCUT2D eigenvalue weighted by Gasteiger charge is -2.56. The molecule has 0 unspecified atom stereocenters. The Labute approximate surface area is 185 Å². The standard InChI is InChI=1S/C25H38N2O4/c1-16-5-2-3-6-20(16)26-22(28)15-31-23(29)21-7-4-8-27(21)24(30)25-12-17-9-18(13-25)11-19(10-17)14-25/h16-21H,2-15H2,1H3,(H,26,28)/t16-,17?,18?,19?,20-,21-,25?/m0/s1. The predicted molar refractivity (Wildman–Crippen MR) is 116 cm³/mol. The van der Waals surface area contributed by atoms with Gasteiger partial charge in [-0.25, -0.2) is 4.79 Å². The number of hydrogen-bond acceptors (Lipinski definition) is 4. The molecular formula is C25H38N2O4. The Kier molecular flexibility index (Phi) is 5.76. The normalized spacial score (nSPS) is 41.3. The fourth-order valence-electron chi connectivity index (χ4n) is 7.94. The second kappa shape index (κ2) is 8.40. The highest BCUT2D eigenvalue weighted by Gasteiger charge is 2.57.